The molecule has 0 aromatic rings. The van der Waals surface area contributed by atoms with E-state index in [9.17, 15) is 0 Å². The molecular weight excluding hydrogens is 195 g/mol. The summed E-state index contributed by atoms with van der Waals surface area (Å²) in [5.41, 5.74) is 9.53. The molecule has 0 aliphatic heterocycles. The van der Waals surface area contributed by atoms with Crippen LogP contribution in [0.5, 0.6) is 0 Å². The first-order valence-corrected chi connectivity index (χ1v) is 3.31. The molecule has 1 atom stereocenters. The standard InChI is InChI=1S/C3H9NO2.CH3NS2.Na/c4-1-3(6)2-5;2-1(3)4;/h3,5-6H,1-2,4H2;(H3,2,3,4);/q;;+1/p-1. The summed E-state index contributed by atoms with van der Waals surface area (Å²) in [5.74, 6) is 0. The van der Waals surface area contributed by atoms with Crippen LogP contribution < -0.4 is 41.0 Å². The summed E-state index contributed by atoms with van der Waals surface area (Å²) in [6.45, 7) is -0.104. The predicted octanol–water partition coefficient (Wildman–Crippen LogP) is -4.92. The van der Waals surface area contributed by atoms with Crippen molar-refractivity contribution in [1.82, 2.24) is 0 Å². The van der Waals surface area contributed by atoms with Crippen molar-refractivity contribution in [2.24, 2.45) is 11.5 Å². The number of hydrogen-bond acceptors (Lipinski definition) is 5. The zero-order chi connectivity index (χ0) is 8.57. The van der Waals surface area contributed by atoms with Crippen LogP contribution in [0, 0.1) is 0 Å². The van der Waals surface area contributed by atoms with E-state index in [1.807, 2.05) is 0 Å². The van der Waals surface area contributed by atoms with Gasteiger partial charge in [-0.25, -0.2) is 0 Å². The van der Waals surface area contributed by atoms with Crippen LogP contribution in [0.1, 0.15) is 0 Å². The summed E-state index contributed by atoms with van der Waals surface area (Å²) in [7, 11) is 0. The largest absolute Gasteiger partial charge is 1.00 e. The topological polar surface area (TPSA) is 92.5 Å². The molecule has 6 N–H and O–H groups in total. The van der Waals surface area contributed by atoms with Crippen molar-refractivity contribution in [1.29, 1.82) is 0 Å². The quantitative estimate of drug-likeness (QED) is 0.206. The normalized spacial score (nSPS) is 10.1. The second kappa shape index (κ2) is 13.6. The molecule has 0 saturated heterocycles. The molecule has 0 spiro atoms. The molecular formula is C4H11N2NaO2S2. The van der Waals surface area contributed by atoms with Gasteiger partial charge in [0.15, 0.2) is 0 Å². The van der Waals surface area contributed by atoms with E-state index >= 15 is 0 Å². The van der Waals surface area contributed by atoms with Crippen LogP contribution in [0.4, 0.5) is 0 Å². The summed E-state index contributed by atoms with van der Waals surface area (Å²) >= 11 is 8.26. The van der Waals surface area contributed by atoms with Gasteiger partial charge in [-0.15, -0.1) is 0 Å². The Balaban J connectivity index is -0.000000114. The van der Waals surface area contributed by atoms with Gasteiger partial charge in [-0.3, -0.25) is 0 Å². The Kier molecular flexibility index (Phi) is 22.1. The fourth-order valence-corrected chi connectivity index (χ4v) is 0.0745. The number of aliphatic hydroxyl groups excluding tert-OH is 2. The molecule has 0 heterocycles. The van der Waals surface area contributed by atoms with Gasteiger partial charge in [-0.2, -0.15) is 0 Å². The number of nitrogens with two attached hydrogens (primary N) is 2. The molecule has 0 amide bonds. The summed E-state index contributed by atoms with van der Waals surface area (Å²) in [5, 5.41) is 16.3. The predicted molar refractivity (Wildman–Crippen MR) is 46.3 cm³/mol. The molecule has 7 heteroatoms. The van der Waals surface area contributed by atoms with Gasteiger partial charge >= 0.3 is 29.6 Å². The molecule has 11 heavy (non-hydrogen) atoms. The van der Waals surface area contributed by atoms with E-state index in [0.717, 1.165) is 0 Å². The van der Waals surface area contributed by atoms with Crippen molar-refractivity contribution in [2.45, 2.75) is 6.10 Å². The molecule has 0 aromatic carbocycles. The Labute approximate surface area is 99.0 Å². The van der Waals surface area contributed by atoms with Crippen LogP contribution in [0.3, 0.4) is 0 Å². The van der Waals surface area contributed by atoms with E-state index in [4.69, 9.17) is 15.9 Å². The van der Waals surface area contributed by atoms with Crippen molar-refractivity contribution < 1.29 is 39.8 Å². The fraction of sp³-hybridized carbons (Fsp3) is 0.750. The van der Waals surface area contributed by atoms with Gasteiger partial charge in [0, 0.05) is 6.54 Å². The third kappa shape index (κ3) is 35.7. The third-order valence-electron chi connectivity index (χ3n) is 0.483. The zero-order valence-corrected chi connectivity index (χ0v) is 9.99. The van der Waals surface area contributed by atoms with Crippen LogP contribution in [-0.4, -0.2) is 33.8 Å². The molecule has 0 aliphatic rings. The molecule has 0 aliphatic carbocycles. The zero-order valence-electron chi connectivity index (χ0n) is 6.36. The van der Waals surface area contributed by atoms with E-state index < -0.39 is 6.10 Å². The maximum atomic E-state index is 8.29. The Morgan fingerprint density at radius 2 is 1.91 bits per heavy atom. The Morgan fingerprint density at radius 3 is 1.91 bits per heavy atom. The molecule has 0 radical (unpaired) electrons. The fourth-order valence-electron chi connectivity index (χ4n) is 0.0745. The molecule has 62 valence electrons. The second-order valence-corrected chi connectivity index (χ2v) is 2.53. The third-order valence-corrected chi connectivity index (χ3v) is 0.483. The van der Waals surface area contributed by atoms with Crippen molar-refractivity contribution in [3.05, 3.63) is 0 Å². The molecule has 0 rings (SSSR count). The van der Waals surface area contributed by atoms with Gasteiger partial charge < -0.3 is 46.5 Å². The minimum atomic E-state index is -0.731. The van der Waals surface area contributed by atoms with Crippen LogP contribution in [0.2, 0.25) is 0 Å². The average Bonchev–Trinajstić information content (AvgIpc) is 1.85. The second-order valence-electron chi connectivity index (χ2n) is 1.39. The number of aliphatic hydroxyl groups is 2. The van der Waals surface area contributed by atoms with Crippen molar-refractivity contribution in [3.63, 3.8) is 0 Å². The summed E-state index contributed by atoms with van der Waals surface area (Å²) in [6, 6.07) is 0. The first-order valence-electron chi connectivity index (χ1n) is 2.50. The van der Waals surface area contributed by atoms with E-state index in [1.54, 1.807) is 0 Å². The Bertz CT molecular complexity index is 88.2. The van der Waals surface area contributed by atoms with Gasteiger partial charge in [0.1, 0.15) is 0 Å². The van der Waals surface area contributed by atoms with Gasteiger partial charge in [0.2, 0.25) is 0 Å². The summed E-state index contributed by atoms with van der Waals surface area (Å²) in [4.78, 5) is 0. The van der Waals surface area contributed by atoms with E-state index in [-0.39, 0.29) is 47.0 Å². The van der Waals surface area contributed by atoms with Gasteiger partial charge in [0.05, 0.1) is 12.7 Å². The van der Waals surface area contributed by atoms with Crippen LogP contribution >= 0.6 is 12.2 Å². The smallest absolute Gasteiger partial charge is 0.415 e. The number of thiocarbonyl (C=S) groups is 1. The van der Waals surface area contributed by atoms with Crippen molar-refractivity contribution in [3.8, 4) is 0 Å². The van der Waals surface area contributed by atoms with Crippen LogP contribution in [0.25, 0.3) is 0 Å². The minimum Gasteiger partial charge on any atom is -0.415 e. The average molecular weight is 206 g/mol. The van der Waals surface area contributed by atoms with Crippen LogP contribution in [0.15, 0.2) is 0 Å². The first kappa shape index (κ1) is 17.9. The molecule has 0 fully saturated rings. The van der Waals surface area contributed by atoms with Crippen molar-refractivity contribution in [2.75, 3.05) is 13.2 Å². The summed E-state index contributed by atoms with van der Waals surface area (Å²) < 4.78 is 0.0833. The maximum Gasteiger partial charge on any atom is 1.00 e. The van der Waals surface area contributed by atoms with E-state index in [0.29, 0.717) is 0 Å². The van der Waals surface area contributed by atoms with E-state index in [2.05, 4.69) is 30.6 Å². The number of hydrogen-bond donors (Lipinski definition) is 4. The van der Waals surface area contributed by atoms with Gasteiger partial charge in [-0.05, 0) is 0 Å². The van der Waals surface area contributed by atoms with Gasteiger partial charge in [0.25, 0.3) is 0 Å². The number of rotatable bonds is 2. The molecule has 4 nitrogen and oxygen atoms in total. The molecule has 0 saturated carbocycles. The van der Waals surface area contributed by atoms with Crippen molar-refractivity contribution >= 4 is 29.2 Å². The molecule has 0 bridgehead atoms. The van der Waals surface area contributed by atoms with E-state index in [1.165, 1.54) is 0 Å². The minimum absolute atomic E-state index is 0. The molecule has 0 aromatic heterocycles. The van der Waals surface area contributed by atoms with Crippen LogP contribution in [-0.2, 0) is 12.6 Å². The maximum absolute atomic E-state index is 8.29. The SMILES string of the molecule is NC(=S)[S-].NCC(O)CO.[Na+]. The monoisotopic (exact) mass is 206 g/mol. The first-order chi connectivity index (χ1) is 4.54. The van der Waals surface area contributed by atoms with Gasteiger partial charge in [-0.1, -0.05) is 4.32 Å². The Morgan fingerprint density at radius 1 is 1.64 bits per heavy atom. The summed E-state index contributed by atoms with van der Waals surface area (Å²) in [6.07, 6.45) is -0.731. The Hall–Kier alpha value is 0.990. The molecule has 1 unspecified atom stereocenters.